The zero-order chi connectivity index (χ0) is 26.7. The summed E-state index contributed by atoms with van der Waals surface area (Å²) in [4.78, 5) is 27.6. The highest BCUT2D eigenvalue weighted by Crippen LogP contribution is 2.59. The molecule has 2 heterocycles. The Hall–Kier alpha value is -0.820. The van der Waals surface area contributed by atoms with Crippen LogP contribution in [0.5, 0.6) is 0 Å². The number of aliphatic hydroxyl groups is 2. The molecule has 0 radical (unpaired) electrons. The molecule has 0 amide bonds. The van der Waals surface area contributed by atoms with E-state index >= 15 is 0 Å². The third-order valence-electron chi connectivity index (χ3n) is 11.0. The maximum absolute atomic E-state index is 14.1. The molecular formula is C30H50O6. The fourth-order valence-electron chi connectivity index (χ4n) is 8.20. The highest BCUT2D eigenvalue weighted by Gasteiger charge is 2.59. The molecule has 0 aromatic rings. The van der Waals surface area contributed by atoms with Crippen LogP contribution in [-0.4, -0.2) is 57.4 Å². The second-order valence-electron chi connectivity index (χ2n) is 14.4. The van der Waals surface area contributed by atoms with E-state index in [0.29, 0.717) is 51.4 Å². The molecule has 4 aliphatic rings. The summed E-state index contributed by atoms with van der Waals surface area (Å²) in [6, 6.07) is 0. The van der Waals surface area contributed by atoms with Crippen LogP contribution in [0.2, 0.25) is 0 Å². The van der Waals surface area contributed by atoms with E-state index in [1.807, 2.05) is 27.7 Å². The Morgan fingerprint density at radius 2 is 1.28 bits per heavy atom. The van der Waals surface area contributed by atoms with Crippen LogP contribution < -0.4 is 0 Å². The van der Waals surface area contributed by atoms with Crippen LogP contribution in [0.25, 0.3) is 0 Å². The normalized spacial score (nSPS) is 47.9. The number of ketones is 2. The van der Waals surface area contributed by atoms with E-state index in [1.54, 1.807) is 0 Å². The molecule has 0 spiro atoms. The van der Waals surface area contributed by atoms with Gasteiger partial charge in [0.15, 0.2) is 0 Å². The first-order valence-electron chi connectivity index (χ1n) is 14.3. The molecule has 206 valence electrons. The Morgan fingerprint density at radius 3 is 1.92 bits per heavy atom. The molecule has 2 aliphatic carbocycles. The first-order valence-corrected chi connectivity index (χ1v) is 14.3. The minimum absolute atomic E-state index is 0.0243. The maximum atomic E-state index is 14.1. The molecule has 1 unspecified atom stereocenters. The van der Waals surface area contributed by atoms with Gasteiger partial charge in [0.05, 0.1) is 35.6 Å². The highest BCUT2D eigenvalue weighted by atomic mass is 16.5. The lowest BCUT2D eigenvalue weighted by Crippen LogP contribution is -2.55. The average molecular weight is 507 g/mol. The zero-order valence-electron chi connectivity index (χ0n) is 23.7. The summed E-state index contributed by atoms with van der Waals surface area (Å²) < 4.78 is 13.1. The zero-order valence-corrected chi connectivity index (χ0v) is 23.7. The lowest BCUT2D eigenvalue weighted by molar-refractivity contribution is -0.192. The number of Topliss-reactive ketones (excluding diaryl/α,β-unsaturated/α-hetero) is 2. The van der Waals surface area contributed by atoms with Gasteiger partial charge in [0.25, 0.3) is 0 Å². The minimum atomic E-state index is -0.710. The van der Waals surface area contributed by atoms with Gasteiger partial charge in [-0.1, -0.05) is 20.8 Å². The van der Waals surface area contributed by atoms with Gasteiger partial charge in [0.1, 0.15) is 11.6 Å². The van der Waals surface area contributed by atoms with Crippen molar-refractivity contribution in [1.29, 1.82) is 0 Å². The first kappa shape index (κ1) is 28.2. The molecule has 0 aromatic heterocycles. The topological polar surface area (TPSA) is 93.1 Å². The van der Waals surface area contributed by atoms with Crippen molar-refractivity contribution in [2.75, 3.05) is 0 Å². The Balaban J connectivity index is 1.68. The van der Waals surface area contributed by atoms with Crippen molar-refractivity contribution >= 4 is 11.6 Å². The van der Waals surface area contributed by atoms with E-state index < -0.39 is 34.2 Å². The van der Waals surface area contributed by atoms with Gasteiger partial charge in [-0.05, 0) is 90.4 Å². The highest BCUT2D eigenvalue weighted by molar-refractivity contribution is 5.85. The van der Waals surface area contributed by atoms with E-state index in [0.717, 1.165) is 19.3 Å². The van der Waals surface area contributed by atoms with Crippen molar-refractivity contribution in [3.8, 4) is 0 Å². The van der Waals surface area contributed by atoms with Crippen molar-refractivity contribution in [1.82, 2.24) is 0 Å². The lowest BCUT2D eigenvalue weighted by atomic mass is 9.50. The molecule has 6 nitrogen and oxygen atoms in total. The maximum Gasteiger partial charge on any atom is 0.139 e. The molecule has 4 fully saturated rings. The number of carbonyl (C=O) groups is 2. The molecule has 2 saturated heterocycles. The summed E-state index contributed by atoms with van der Waals surface area (Å²) >= 11 is 0. The predicted molar refractivity (Wildman–Crippen MR) is 139 cm³/mol. The van der Waals surface area contributed by atoms with Gasteiger partial charge in [-0.2, -0.15) is 0 Å². The summed E-state index contributed by atoms with van der Waals surface area (Å²) in [6.45, 7) is 14.2. The first-order chi connectivity index (χ1) is 16.5. The van der Waals surface area contributed by atoms with E-state index in [-0.39, 0.29) is 35.1 Å². The summed E-state index contributed by atoms with van der Waals surface area (Å²) in [5, 5.41) is 21.5. The van der Waals surface area contributed by atoms with Crippen LogP contribution in [-0.2, 0) is 19.1 Å². The molecule has 2 aliphatic heterocycles. The molecule has 2 saturated carbocycles. The van der Waals surface area contributed by atoms with Crippen molar-refractivity contribution in [3.63, 3.8) is 0 Å². The monoisotopic (exact) mass is 506 g/mol. The molecule has 4 rings (SSSR count). The molecule has 36 heavy (non-hydrogen) atoms. The van der Waals surface area contributed by atoms with Crippen LogP contribution in [0, 0.1) is 22.2 Å². The summed E-state index contributed by atoms with van der Waals surface area (Å²) in [5.41, 5.74) is -2.54. The van der Waals surface area contributed by atoms with Crippen molar-refractivity contribution < 1.29 is 29.3 Å². The van der Waals surface area contributed by atoms with Gasteiger partial charge in [-0.25, -0.2) is 0 Å². The molecule has 2 N–H and O–H groups in total. The number of hydrogen-bond donors (Lipinski definition) is 2. The second kappa shape index (κ2) is 9.43. The fourth-order valence-corrected chi connectivity index (χ4v) is 8.20. The number of hydrogen-bond acceptors (Lipinski definition) is 6. The number of rotatable bonds is 0. The Bertz CT molecular complexity index is 866. The van der Waals surface area contributed by atoms with Gasteiger partial charge >= 0.3 is 0 Å². The van der Waals surface area contributed by atoms with Crippen molar-refractivity contribution in [2.45, 2.75) is 155 Å². The Morgan fingerprint density at radius 1 is 0.694 bits per heavy atom. The van der Waals surface area contributed by atoms with Crippen LogP contribution >= 0.6 is 0 Å². The van der Waals surface area contributed by atoms with Gasteiger partial charge in [0, 0.05) is 30.1 Å². The SMILES string of the molecule is CC1(C)O[C@H]2CCC(=O)[C@@]3(C)CC[C@@H]4OC(C)(C)[C@@H](O)CC[C@@]4(C)C3CCC(=O)C[C@]2(C)CC[C@H]1O. The average Bonchev–Trinajstić information content (AvgIpc) is 2.93. The van der Waals surface area contributed by atoms with E-state index in [9.17, 15) is 19.8 Å². The third kappa shape index (κ3) is 4.85. The van der Waals surface area contributed by atoms with E-state index in [4.69, 9.17) is 9.47 Å². The smallest absolute Gasteiger partial charge is 0.139 e. The molecule has 8 atom stereocenters. The molecule has 6 heteroatoms. The van der Waals surface area contributed by atoms with Gasteiger partial charge in [-0.15, -0.1) is 0 Å². The number of fused-ring (bicyclic) bond motifs is 4. The molecular weight excluding hydrogens is 456 g/mol. The molecule has 0 bridgehead atoms. The summed E-state index contributed by atoms with van der Waals surface area (Å²) in [5.74, 6) is 0.507. The Kier molecular flexibility index (Phi) is 7.38. The summed E-state index contributed by atoms with van der Waals surface area (Å²) in [7, 11) is 0. The van der Waals surface area contributed by atoms with Crippen LogP contribution in [0.15, 0.2) is 0 Å². The van der Waals surface area contributed by atoms with Crippen LogP contribution in [0.1, 0.15) is 119 Å². The second-order valence-corrected chi connectivity index (χ2v) is 14.4. The third-order valence-corrected chi connectivity index (χ3v) is 11.0. The van der Waals surface area contributed by atoms with E-state index in [1.165, 1.54) is 0 Å². The van der Waals surface area contributed by atoms with Crippen molar-refractivity contribution in [2.24, 2.45) is 22.2 Å². The number of ether oxygens (including phenoxy) is 2. The largest absolute Gasteiger partial charge is 0.390 e. The number of aliphatic hydroxyl groups excluding tert-OH is 2. The fraction of sp³-hybridized carbons (Fsp3) is 0.933. The van der Waals surface area contributed by atoms with Crippen LogP contribution in [0.4, 0.5) is 0 Å². The van der Waals surface area contributed by atoms with Crippen molar-refractivity contribution in [3.05, 3.63) is 0 Å². The minimum Gasteiger partial charge on any atom is -0.390 e. The Labute approximate surface area is 217 Å². The lowest BCUT2D eigenvalue weighted by Gasteiger charge is -2.55. The quantitative estimate of drug-likeness (QED) is 0.472. The van der Waals surface area contributed by atoms with E-state index in [2.05, 4.69) is 20.8 Å². The number of carbonyl (C=O) groups excluding carboxylic acids is 2. The summed E-state index contributed by atoms with van der Waals surface area (Å²) in [6.07, 6.45) is 5.36. The van der Waals surface area contributed by atoms with Gasteiger partial charge < -0.3 is 19.7 Å². The van der Waals surface area contributed by atoms with Crippen LogP contribution in [0.3, 0.4) is 0 Å². The standard InChI is InChI=1S/C30H50O6/c1-26(2)21(32)12-15-28(5)18-19(31)8-9-20-29(6,23(34)10-11-24(28)35-26)17-14-25-30(20,7)16-13-22(33)27(3,4)36-25/h20-22,24-25,32-33H,8-18H2,1-7H3/t20?,21-,22+,24+,25+,28+,29+,30+/m1/s1. The van der Waals surface area contributed by atoms with Gasteiger partial charge in [-0.3, -0.25) is 9.59 Å². The van der Waals surface area contributed by atoms with Gasteiger partial charge in [0.2, 0.25) is 0 Å². The predicted octanol–water partition coefficient (Wildman–Crippen LogP) is 5.15. The molecule has 0 aromatic carbocycles.